The van der Waals surface area contributed by atoms with Gasteiger partial charge in [0.05, 0.1) is 6.61 Å². The number of primary amides is 1. The molecule has 1 aromatic rings. The molecule has 3 aliphatic carbocycles. The SMILES string of the molecule is CC(C)c1ccc(C23CC2CN(C(=O)[C@@H]2C[C@]4(COC(N)=O)CC24)C3)cc1. The number of rotatable bonds is 5. The molecule has 3 unspecified atom stereocenters. The highest BCUT2D eigenvalue weighted by molar-refractivity contribution is 5.82. The topological polar surface area (TPSA) is 72.6 Å². The van der Waals surface area contributed by atoms with Gasteiger partial charge in [-0.25, -0.2) is 4.79 Å². The zero-order valence-corrected chi connectivity index (χ0v) is 16.1. The van der Waals surface area contributed by atoms with Crippen LogP contribution in [-0.4, -0.2) is 36.6 Å². The van der Waals surface area contributed by atoms with Gasteiger partial charge in [0.1, 0.15) is 0 Å². The molecule has 0 spiro atoms. The number of carbonyl (C=O) groups is 2. The van der Waals surface area contributed by atoms with E-state index in [1.807, 2.05) is 0 Å². The first-order valence-corrected chi connectivity index (χ1v) is 10.2. The van der Waals surface area contributed by atoms with Crippen LogP contribution >= 0.6 is 0 Å². The first kappa shape index (κ1) is 17.1. The van der Waals surface area contributed by atoms with Gasteiger partial charge in [0.25, 0.3) is 0 Å². The summed E-state index contributed by atoms with van der Waals surface area (Å²) in [4.78, 5) is 25.9. The molecule has 0 aromatic heterocycles. The number of hydrogen-bond acceptors (Lipinski definition) is 3. The van der Waals surface area contributed by atoms with Gasteiger partial charge in [-0.2, -0.15) is 0 Å². The van der Waals surface area contributed by atoms with Gasteiger partial charge < -0.3 is 15.4 Å². The molecule has 1 saturated heterocycles. The third-order valence-corrected chi connectivity index (χ3v) is 7.79. The van der Waals surface area contributed by atoms with Crippen molar-refractivity contribution >= 4 is 12.0 Å². The van der Waals surface area contributed by atoms with E-state index in [4.69, 9.17) is 10.5 Å². The van der Waals surface area contributed by atoms with Crippen molar-refractivity contribution in [1.82, 2.24) is 4.90 Å². The summed E-state index contributed by atoms with van der Waals surface area (Å²) in [5, 5.41) is 0. The summed E-state index contributed by atoms with van der Waals surface area (Å²) in [6.07, 6.45) is 2.34. The summed E-state index contributed by atoms with van der Waals surface area (Å²) < 4.78 is 4.98. The third-order valence-electron chi connectivity index (χ3n) is 7.79. The van der Waals surface area contributed by atoms with Crippen LogP contribution in [0.25, 0.3) is 0 Å². The van der Waals surface area contributed by atoms with E-state index in [-0.39, 0.29) is 16.7 Å². The molecule has 27 heavy (non-hydrogen) atoms. The number of piperidine rings is 1. The van der Waals surface area contributed by atoms with Gasteiger partial charge >= 0.3 is 6.09 Å². The van der Waals surface area contributed by atoms with Gasteiger partial charge in [-0.1, -0.05) is 38.1 Å². The fraction of sp³-hybridized carbons (Fsp3) is 0.636. The lowest BCUT2D eigenvalue weighted by Gasteiger charge is -2.36. The number of carbonyl (C=O) groups excluding carboxylic acids is 2. The Morgan fingerprint density at radius 3 is 2.59 bits per heavy atom. The largest absolute Gasteiger partial charge is 0.449 e. The maximum absolute atomic E-state index is 13.0. The highest BCUT2D eigenvalue weighted by Crippen LogP contribution is 2.71. The minimum Gasteiger partial charge on any atom is -0.449 e. The van der Waals surface area contributed by atoms with Crippen LogP contribution in [0.1, 0.15) is 50.2 Å². The lowest BCUT2D eigenvalue weighted by atomic mass is 9.74. The molecule has 4 fully saturated rings. The Labute approximate surface area is 160 Å². The molecule has 4 aliphatic rings. The maximum Gasteiger partial charge on any atom is 0.404 e. The number of fused-ring (bicyclic) bond motifs is 2. The smallest absolute Gasteiger partial charge is 0.404 e. The van der Waals surface area contributed by atoms with E-state index in [1.165, 1.54) is 17.5 Å². The van der Waals surface area contributed by atoms with Gasteiger partial charge in [0, 0.05) is 29.8 Å². The van der Waals surface area contributed by atoms with Crippen LogP contribution in [0.3, 0.4) is 0 Å². The number of nitrogens with zero attached hydrogens (tertiary/aromatic N) is 1. The Morgan fingerprint density at radius 2 is 1.96 bits per heavy atom. The molecule has 5 rings (SSSR count). The Bertz CT molecular complexity index is 804. The highest BCUT2D eigenvalue weighted by Gasteiger charge is 2.71. The van der Waals surface area contributed by atoms with E-state index in [0.717, 1.165) is 25.9 Å². The Kier molecular flexibility index (Phi) is 3.47. The molecule has 3 saturated carbocycles. The van der Waals surface area contributed by atoms with Crippen molar-refractivity contribution in [3.05, 3.63) is 35.4 Å². The second-order valence-corrected chi connectivity index (χ2v) is 9.64. The van der Waals surface area contributed by atoms with Crippen molar-refractivity contribution in [3.8, 4) is 0 Å². The molecule has 0 radical (unpaired) electrons. The molecule has 5 heteroatoms. The fourth-order valence-corrected chi connectivity index (χ4v) is 5.83. The molecular weight excluding hydrogens is 340 g/mol. The number of hydrogen-bond donors (Lipinski definition) is 1. The molecule has 2 N–H and O–H groups in total. The van der Waals surface area contributed by atoms with E-state index in [2.05, 4.69) is 43.0 Å². The lowest BCUT2D eigenvalue weighted by Crippen LogP contribution is -2.44. The van der Waals surface area contributed by atoms with Crippen molar-refractivity contribution in [1.29, 1.82) is 0 Å². The molecule has 144 valence electrons. The molecule has 2 amide bonds. The molecule has 0 bridgehead atoms. The number of benzene rings is 1. The molecule has 1 heterocycles. The van der Waals surface area contributed by atoms with E-state index in [0.29, 0.717) is 30.3 Å². The predicted molar refractivity (Wildman–Crippen MR) is 101 cm³/mol. The Hall–Kier alpha value is -2.04. The van der Waals surface area contributed by atoms with Crippen molar-refractivity contribution in [2.45, 2.75) is 44.4 Å². The van der Waals surface area contributed by atoms with E-state index >= 15 is 0 Å². The number of ether oxygens (including phenoxy) is 1. The minimum absolute atomic E-state index is 0.0579. The van der Waals surface area contributed by atoms with Gasteiger partial charge in [0.15, 0.2) is 0 Å². The average molecular weight is 368 g/mol. The summed E-state index contributed by atoms with van der Waals surface area (Å²) in [5.74, 6) is 2.00. The van der Waals surface area contributed by atoms with Crippen molar-refractivity contribution in [2.24, 2.45) is 28.9 Å². The number of nitrogens with two attached hydrogens (primary N) is 1. The summed E-state index contributed by atoms with van der Waals surface area (Å²) in [5.41, 5.74) is 8.10. The van der Waals surface area contributed by atoms with E-state index < -0.39 is 6.09 Å². The van der Waals surface area contributed by atoms with Crippen LogP contribution < -0.4 is 5.73 Å². The quantitative estimate of drug-likeness (QED) is 0.868. The number of amides is 2. The van der Waals surface area contributed by atoms with Crippen LogP contribution in [0.4, 0.5) is 4.79 Å². The average Bonchev–Trinajstić information content (AvgIpc) is 3.43. The van der Waals surface area contributed by atoms with E-state index in [9.17, 15) is 9.59 Å². The monoisotopic (exact) mass is 368 g/mol. The van der Waals surface area contributed by atoms with Crippen LogP contribution in [0.15, 0.2) is 24.3 Å². The first-order valence-electron chi connectivity index (χ1n) is 10.2. The molecule has 5 nitrogen and oxygen atoms in total. The lowest BCUT2D eigenvalue weighted by molar-refractivity contribution is -0.140. The summed E-state index contributed by atoms with van der Waals surface area (Å²) >= 11 is 0. The zero-order valence-electron chi connectivity index (χ0n) is 16.1. The van der Waals surface area contributed by atoms with E-state index in [1.54, 1.807) is 0 Å². The standard InChI is InChI=1S/C22H28N2O3/c1-13(2)14-3-5-15(6-4-14)22-7-16(22)10-24(11-22)19(25)17-8-21(9-18(17)21)12-27-20(23)26/h3-6,13,16-18H,7-12H2,1-2H3,(H2,23,26)/t16?,17-,18?,21-,22?/m1/s1. The normalized spacial score (nSPS) is 38.0. The van der Waals surface area contributed by atoms with Gasteiger partial charge in [-0.3, -0.25) is 4.79 Å². The van der Waals surface area contributed by atoms with Gasteiger partial charge in [-0.15, -0.1) is 0 Å². The fourth-order valence-electron chi connectivity index (χ4n) is 5.83. The van der Waals surface area contributed by atoms with Crippen LogP contribution in [0, 0.1) is 23.2 Å². The highest BCUT2D eigenvalue weighted by atomic mass is 16.5. The minimum atomic E-state index is -0.713. The molecule has 1 aliphatic heterocycles. The van der Waals surface area contributed by atoms with Crippen LogP contribution in [-0.2, 0) is 14.9 Å². The second kappa shape index (κ2) is 5.49. The van der Waals surface area contributed by atoms with Gasteiger partial charge in [0.2, 0.25) is 5.91 Å². The Balaban J connectivity index is 1.21. The summed E-state index contributed by atoms with van der Waals surface area (Å²) in [6, 6.07) is 9.05. The predicted octanol–water partition coefficient (Wildman–Crippen LogP) is 3.03. The van der Waals surface area contributed by atoms with Crippen LogP contribution in [0.2, 0.25) is 0 Å². The second-order valence-electron chi connectivity index (χ2n) is 9.64. The first-order chi connectivity index (χ1) is 12.8. The number of likely N-dealkylation sites (tertiary alicyclic amines) is 1. The van der Waals surface area contributed by atoms with Gasteiger partial charge in [-0.05, 0) is 48.1 Å². The summed E-state index contributed by atoms with van der Waals surface area (Å²) in [6.45, 7) is 6.58. The van der Waals surface area contributed by atoms with Crippen molar-refractivity contribution < 1.29 is 14.3 Å². The Morgan fingerprint density at radius 1 is 1.22 bits per heavy atom. The van der Waals surface area contributed by atoms with Crippen LogP contribution in [0.5, 0.6) is 0 Å². The molecule has 1 aromatic carbocycles. The maximum atomic E-state index is 13.0. The summed E-state index contributed by atoms with van der Waals surface area (Å²) in [7, 11) is 0. The van der Waals surface area contributed by atoms with Crippen molar-refractivity contribution in [2.75, 3.05) is 19.7 Å². The van der Waals surface area contributed by atoms with Crippen molar-refractivity contribution in [3.63, 3.8) is 0 Å². The third kappa shape index (κ3) is 2.50. The zero-order chi connectivity index (χ0) is 19.0. The molecule has 5 atom stereocenters. The molecular formula is C22H28N2O3.